The maximum Gasteiger partial charge on any atom is 0.247 e. The molecule has 0 aliphatic carbocycles. The van der Waals surface area contributed by atoms with Gasteiger partial charge in [0.15, 0.2) is 0 Å². The monoisotopic (exact) mass is 229 g/mol. The molecule has 0 N–H and O–H groups in total. The van der Waals surface area contributed by atoms with E-state index < -0.39 is 0 Å². The third-order valence-corrected chi connectivity index (χ3v) is 2.71. The first-order valence-corrected chi connectivity index (χ1v) is 5.17. The van der Waals surface area contributed by atoms with Crippen LogP contribution in [-0.2, 0) is 9.59 Å². The summed E-state index contributed by atoms with van der Waals surface area (Å²) in [5.41, 5.74) is 0.902. The Morgan fingerprint density at radius 1 is 1.18 bits per heavy atom. The summed E-state index contributed by atoms with van der Waals surface area (Å²) in [6.45, 7) is 0.0482. The highest BCUT2D eigenvalue weighted by Crippen LogP contribution is 2.21. The number of carbonyl (C=O) groups is 2. The van der Waals surface area contributed by atoms with E-state index >= 15 is 0 Å². The Bertz CT molecular complexity index is 519. The fourth-order valence-electron chi connectivity index (χ4n) is 1.74. The van der Waals surface area contributed by atoms with Crippen molar-refractivity contribution < 1.29 is 9.59 Å². The molecule has 1 aromatic rings. The van der Waals surface area contributed by atoms with E-state index in [1.54, 1.807) is 31.3 Å². The molecule has 5 heteroatoms. The largest absolute Gasteiger partial charge is 0.335 e. The highest BCUT2D eigenvalue weighted by atomic mass is 16.2. The molecule has 0 atom stereocenters. The fraction of sp³-hybridized carbons (Fsp3) is 0.250. The quantitative estimate of drug-likeness (QED) is 0.698. The van der Waals surface area contributed by atoms with Gasteiger partial charge in [0.05, 0.1) is 17.8 Å². The Morgan fingerprint density at radius 3 is 2.59 bits per heavy atom. The molecule has 0 unspecified atom stereocenters. The molecule has 1 aromatic carbocycles. The zero-order chi connectivity index (χ0) is 12.4. The Balaban J connectivity index is 2.37. The van der Waals surface area contributed by atoms with Crippen LogP contribution in [0.4, 0.5) is 5.69 Å². The minimum atomic E-state index is -0.171. The molecule has 0 saturated carbocycles. The number of nitriles is 1. The summed E-state index contributed by atoms with van der Waals surface area (Å²) in [6.07, 6.45) is 0. The fourth-order valence-corrected chi connectivity index (χ4v) is 1.74. The first kappa shape index (κ1) is 11.1. The molecule has 5 nitrogen and oxygen atoms in total. The number of para-hydroxylation sites is 1. The molecular weight excluding hydrogens is 218 g/mol. The number of nitrogens with zero attached hydrogens (tertiary/aromatic N) is 3. The highest BCUT2D eigenvalue weighted by molar-refractivity contribution is 6.05. The Hall–Kier alpha value is -2.35. The van der Waals surface area contributed by atoms with Crippen molar-refractivity contribution in [1.82, 2.24) is 4.90 Å². The molecular formula is C12H11N3O2. The highest BCUT2D eigenvalue weighted by Gasteiger charge is 2.29. The number of likely N-dealkylation sites (N-methyl/N-ethyl adjacent to an activating group) is 1. The normalized spacial score (nSPS) is 16.0. The second kappa shape index (κ2) is 4.26. The predicted molar refractivity (Wildman–Crippen MR) is 61.1 cm³/mol. The number of amides is 2. The van der Waals surface area contributed by atoms with Gasteiger partial charge in [0.1, 0.15) is 12.6 Å². The lowest BCUT2D eigenvalue weighted by Crippen LogP contribution is -2.52. The molecule has 0 radical (unpaired) electrons. The summed E-state index contributed by atoms with van der Waals surface area (Å²) in [6, 6.07) is 8.80. The van der Waals surface area contributed by atoms with Gasteiger partial charge in [-0.15, -0.1) is 0 Å². The Morgan fingerprint density at radius 2 is 1.88 bits per heavy atom. The van der Waals surface area contributed by atoms with Crippen molar-refractivity contribution in [1.29, 1.82) is 5.26 Å². The van der Waals surface area contributed by atoms with Gasteiger partial charge in [-0.05, 0) is 12.1 Å². The van der Waals surface area contributed by atoms with Crippen LogP contribution in [0, 0.1) is 11.3 Å². The third-order valence-electron chi connectivity index (χ3n) is 2.71. The van der Waals surface area contributed by atoms with E-state index in [9.17, 15) is 9.59 Å². The van der Waals surface area contributed by atoms with Crippen molar-refractivity contribution in [3.05, 3.63) is 29.8 Å². The molecule has 1 aliphatic heterocycles. The van der Waals surface area contributed by atoms with Gasteiger partial charge in [-0.2, -0.15) is 5.26 Å². The standard InChI is InChI=1S/C12H11N3O2/c1-14-7-12(17)15(8-11(14)16)10-5-3-2-4-9(10)6-13/h2-5H,7-8H2,1H3. The summed E-state index contributed by atoms with van der Waals surface area (Å²) in [5.74, 6) is -0.299. The van der Waals surface area contributed by atoms with Crippen LogP contribution in [0.25, 0.3) is 0 Å². The van der Waals surface area contributed by atoms with Crippen LogP contribution in [0.2, 0.25) is 0 Å². The van der Waals surface area contributed by atoms with Gasteiger partial charge in [0.2, 0.25) is 11.8 Å². The molecule has 1 saturated heterocycles. The average Bonchev–Trinajstić information content (AvgIpc) is 2.34. The molecule has 0 spiro atoms. The first-order chi connectivity index (χ1) is 8.13. The van der Waals surface area contributed by atoms with Crippen LogP contribution in [0.5, 0.6) is 0 Å². The Kier molecular flexibility index (Phi) is 2.79. The molecule has 0 aromatic heterocycles. The molecule has 2 rings (SSSR count). The zero-order valence-corrected chi connectivity index (χ0v) is 9.38. The lowest BCUT2D eigenvalue weighted by Gasteiger charge is -2.32. The summed E-state index contributed by atoms with van der Waals surface area (Å²) in [5, 5.41) is 8.97. The summed E-state index contributed by atoms with van der Waals surface area (Å²) >= 11 is 0. The van der Waals surface area contributed by atoms with E-state index in [4.69, 9.17) is 5.26 Å². The van der Waals surface area contributed by atoms with Crippen LogP contribution in [0.15, 0.2) is 24.3 Å². The van der Waals surface area contributed by atoms with Crippen LogP contribution < -0.4 is 4.90 Å². The minimum Gasteiger partial charge on any atom is -0.335 e. The molecule has 17 heavy (non-hydrogen) atoms. The summed E-state index contributed by atoms with van der Waals surface area (Å²) < 4.78 is 0. The van der Waals surface area contributed by atoms with Crippen molar-refractivity contribution in [2.75, 3.05) is 25.0 Å². The number of piperazine rings is 1. The van der Waals surface area contributed by atoms with Gasteiger partial charge in [0, 0.05) is 7.05 Å². The lowest BCUT2D eigenvalue weighted by atomic mass is 10.1. The number of anilines is 1. The van der Waals surface area contributed by atoms with Crippen molar-refractivity contribution in [2.45, 2.75) is 0 Å². The molecule has 2 amide bonds. The predicted octanol–water partition coefficient (Wildman–Crippen LogP) is 0.363. The van der Waals surface area contributed by atoms with E-state index in [1.165, 1.54) is 9.80 Å². The molecule has 86 valence electrons. The van der Waals surface area contributed by atoms with Gasteiger partial charge in [-0.1, -0.05) is 12.1 Å². The maximum atomic E-state index is 11.8. The molecule has 1 heterocycles. The maximum absolute atomic E-state index is 11.8. The molecule has 1 fully saturated rings. The van der Waals surface area contributed by atoms with Gasteiger partial charge < -0.3 is 9.80 Å². The molecule has 0 bridgehead atoms. The second-order valence-electron chi connectivity index (χ2n) is 3.86. The van der Waals surface area contributed by atoms with Crippen molar-refractivity contribution in [3.63, 3.8) is 0 Å². The average molecular weight is 229 g/mol. The minimum absolute atomic E-state index is 0.00593. The Labute approximate surface area is 98.9 Å². The van der Waals surface area contributed by atoms with E-state index in [1.807, 2.05) is 6.07 Å². The first-order valence-electron chi connectivity index (χ1n) is 5.17. The van der Waals surface area contributed by atoms with Crippen LogP contribution in [0.1, 0.15) is 5.56 Å². The van der Waals surface area contributed by atoms with Gasteiger partial charge in [-0.25, -0.2) is 0 Å². The van der Waals surface area contributed by atoms with E-state index in [0.29, 0.717) is 11.3 Å². The zero-order valence-electron chi connectivity index (χ0n) is 9.38. The van der Waals surface area contributed by atoms with Gasteiger partial charge in [-0.3, -0.25) is 9.59 Å². The lowest BCUT2D eigenvalue weighted by molar-refractivity contribution is -0.136. The summed E-state index contributed by atoms with van der Waals surface area (Å²) in [7, 11) is 1.59. The summed E-state index contributed by atoms with van der Waals surface area (Å²) in [4.78, 5) is 26.2. The van der Waals surface area contributed by atoms with Gasteiger partial charge >= 0.3 is 0 Å². The molecule has 1 aliphatic rings. The second-order valence-corrected chi connectivity index (χ2v) is 3.86. The third kappa shape index (κ3) is 1.97. The van der Waals surface area contributed by atoms with E-state index in [2.05, 4.69) is 0 Å². The number of hydrogen-bond acceptors (Lipinski definition) is 3. The number of rotatable bonds is 1. The van der Waals surface area contributed by atoms with E-state index in [0.717, 1.165) is 0 Å². The SMILES string of the molecule is CN1CC(=O)N(c2ccccc2C#N)CC1=O. The van der Waals surface area contributed by atoms with E-state index in [-0.39, 0.29) is 24.9 Å². The van der Waals surface area contributed by atoms with Crippen molar-refractivity contribution in [3.8, 4) is 6.07 Å². The van der Waals surface area contributed by atoms with Gasteiger partial charge in [0.25, 0.3) is 0 Å². The van der Waals surface area contributed by atoms with Crippen LogP contribution >= 0.6 is 0 Å². The van der Waals surface area contributed by atoms with Crippen LogP contribution in [-0.4, -0.2) is 36.9 Å². The van der Waals surface area contributed by atoms with Crippen molar-refractivity contribution in [2.24, 2.45) is 0 Å². The topological polar surface area (TPSA) is 64.4 Å². The number of hydrogen-bond donors (Lipinski definition) is 0. The smallest absolute Gasteiger partial charge is 0.247 e. The number of benzene rings is 1. The number of carbonyl (C=O) groups excluding carboxylic acids is 2. The van der Waals surface area contributed by atoms with Crippen LogP contribution in [0.3, 0.4) is 0 Å². The van der Waals surface area contributed by atoms with Crippen molar-refractivity contribution >= 4 is 17.5 Å².